The summed E-state index contributed by atoms with van der Waals surface area (Å²) in [6.07, 6.45) is 8.03. The van der Waals surface area contributed by atoms with Crippen molar-refractivity contribution >= 4 is 11.3 Å². The molecule has 0 aromatic carbocycles. The van der Waals surface area contributed by atoms with Gasteiger partial charge >= 0.3 is 0 Å². The molecule has 1 saturated carbocycles. The van der Waals surface area contributed by atoms with E-state index in [4.69, 9.17) is 5.73 Å². The van der Waals surface area contributed by atoms with Crippen LogP contribution in [0.15, 0.2) is 17.5 Å². The van der Waals surface area contributed by atoms with Crippen molar-refractivity contribution in [3.63, 3.8) is 0 Å². The molecule has 0 unspecified atom stereocenters. The van der Waals surface area contributed by atoms with E-state index in [0.29, 0.717) is 0 Å². The molecule has 1 aliphatic carbocycles. The fourth-order valence-electron chi connectivity index (χ4n) is 3.77. The molecular formula is C17H30N2S. The molecule has 0 bridgehead atoms. The van der Waals surface area contributed by atoms with Gasteiger partial charge in [-0.3, -0.25) is 4.90 Å². The van der Waals surface area contributed by atoms with Crippen molar-refractivity contribution in [3.8, 4) is 0 Å². The van der Waals surface area contributed by atoms with E-state index >= 15 is 0 Å². The van der Waals surface area contributed by atoms with Crippen LogP contribution in [-0.2, 0) is 6.54 Å². The molecule has 0 spiro atoms. The zero-order chi connectivity index (χ0) is 14.4. The lowest BCUT2D eigenvalue weighted by molar-refractivity contribution is 0.0392. The van der Waals surface area contributed by atoms with Crippen LogP contribution in [0.2, 0.25) is 0 Å². The van der Waals surface area contributed by atoms with Gasteiger partial charge in [0.1, 0.15) is 0 Å². The molecule has 20 heavy (non-hydrogen) atoms. The second-order valence-corrected chi connectivity index (χ2v) is 7.29. The predicted octanol–water partition coefficient (Wildman–Crippen LogP) is 4.26. The first-order chi connectivity index (χ1) is 9.74. The largest absolute Gasteiger partial charge is 0.329 e. The molecule has 114 valence electrons. The van der Waals surface area contributed by atoms with Crippen molar-refractivity contribution in [2.75, 3.05) is 13.1 Å². The Bertz CT molecular complexity index is 366. The molecule has 0 amide bonds. The Morgan fingerprint density at radius 2 is 2.10 bits per heavy atom. The van der Waals surface area contributed by atoms with Crippen LogP contribution >= 0.6 is 11.3 Å². The van der Waals surface area contributed by atoms with Gasteiger partial charge in [0, 0.05) is 23.5 Å². The SMILES string of the molecule is CCCC1CCC(CN)(N(CC)Cc2cccs2)CC1. The summed E-state index contributed by atoms with van der Waals surface area (Å²) in [5.74, 6) is 0.945. The molecule has 0 aliphatic heterocycles. The summed E-state index contributed by atoms with van der Waals surface area (Å²) < 4.78 is 0. The van der Waals surface area contributed by atoms with Crippen molar-refractivity contribution in [2.45, 2.75) is 64.5 Å². The Labute approximate surface area is 128 Å². The van der Waals surface area contributed by atoms with Crippen LogP contribution in [0, 0.1) is 5.92 Å². The van der Waals surface area contributed by atoms with Crippen LogP contribution in [0.3, 0.4) is 0 Å². The summed E-state index contributed by atoms with van der Waals surface area (Å²) in [5.41, 5.74) is 6.48. The summed E-state index contributed by atoms with van der Waals surface area (Å²) in [5, 5.41) is 2.18. The van der Waals surface area contributed by atoms with E-state index in [2.05, 4.69) is 36.3 Å². The van der Waals surface area contributed by atoms with Crippen molar-refractivity contribution < 1.29 is 0 Å². The van der Waals surface area contributed by atoms with E-state index in [1.54, 1.807) is 0 Å². The predicted molar refractivity (Wildman–Crippen MR) is 89.1 cm³/mol. The van der Waals surface area contributed by atoms with E-state index < -0.39 is 0 Å². The zero-order valence-corrected chi connectivity index (χ0v) is 13.9. The summed E-state index contributed by atoms with van der Waals surface area (Å²) in [7, 11) is 0. The van der Waals surface area contributed by atoms with Gasteiger partial charge in [-0.15, -0.1) is 11.3 Å². The van der Waals surface area contributed by atoms with Gasteiger partial charge in [0.15, 0.2) is 0 Å². The number of rotatable bonds is 7. The molecule has 1 aromatic rings. The van der Waals surface area contributed by atoms with Gasteiger partial charge in [-0.1, -0.05) is 32.8 Å². The molecule has 0 atom stereocenters. The van der Waals surface area contributed by atoms with Gasteiger partial charge < -0.3 is 5.73 Å². The lowest BCUT2D eigenvalue weighted by atomic mass is 9.74. The first-order valence-corrected chi connectivity index (χ1v) is 9.09. The highest BCUT2D eigenvalue weighted by Gasteiger charge is 2.38. The average Bonchev–Trinajstić information content (AvgIpc) is 2.99. The summed E-state index contributed by atoms with van der Waals surface area (Å²) in [6, 6.07) is 4.40. The Hall–Kier alpha value is -0.380. The first-order valence-electron chi connectivity index (χ1n) is 8.21. The van der Waals surface area contributed by atoms with Crippen molar-refractivity contribution in [1.82, 2.24) is 4.90 Å². The maximum absolute atomic E-state index is 6.22. The minimum Gasteiger partial charge on any atom is -0.329 e. The maximum atomic E-state index is 6.22. The Morgan fingerprint density at radius 3 is 2.60 bits per heavy atom. The van der Waals surface area contributed by atoms with Gasteiger partial charge in [-0.25, -0.2) is 0 Å². The quantitative estimate of drug-likeness (QED) is 0.814. The van der Waals surface area contributed by atoms with Crippen molar-refractivity contribution in [1.29, 1.82) is 0 Å². The van der Waals surface area contributed by atoms with Gasteiger partial charge in [-0.2, -0.15) is 0 Å². The molecule has 0 radical (unpaired) electrons. The van der Waals surface area contributed by atoms with Crippen LogP contribution < -0.4 is 5.73 Å². The van der Waals surface area contributed by atoms with Crippen LogP contribution in [-0.4, -0.2) is 23.5 Å². The fourth-order valence-corrected chi connectivity index (χ4v) is 4.49. The topological polar surface area (TPSA) is 29.3 Å². The standard InChI is InChI=1S/C17H30N2S/c1-3-6-15-8-10-17(14-18,11-9-15)19(4-2)13-16-7-5-12-20-16/h5,7,12,15H,3-4,6,8-11,13-14,18H2,1-2H3. The Kier molecular flexibility index (Phi) is 6.06. The highest BCUT2D eigenvalue weighted by molar-refractivity contribution is 7.09. The van der Waals surface area contributed by atoms with Crippen LogP contribution in [0.1, 0.15) is 57.2 Å². The van der Waals surface area contributed by atoms with E-state index in [1.165, 1.54) is 43.4 Å². The van der Waals surface area contributed by atoms with Gasteiger partial charge in [-0.05, 0) is 49.6 Å². The van der Waals surface area contributed by atoms with Crippen LogP contribution in [0.4, 0.5) is 0 Å². The summed E-state index contributed by atoms with van der Waals surface area (Å²) in [6.45, 7) is 7.57. The van der Waals surface area contributed by atoms with Gasteiger partial charge in [0.05, 0.1) is 0 Å². The minimum absolute atomic E-state index is 0.253. The lowest BCUT2D eigenvalue weighted by Gasteiger charge is -2.47. The van der Waals surface area contributed by atoms with E-state index in [-0.39, 0.29) is 5.54 Å². The summed E-state index contributed by atoms with van der Waals surface area (Å²) in [4.78, 5) is 4.11. The molecule has 2 N–H and O–H groups in total. The molecule has 3 heteroatoms. The molecule has 1 fully saturated rings. The number of hydrogen-bond donors (Lipinski definition) is 1. The third-order valence-electron chi connectivity index (χ3n) is 5.09. The third kappa shape index (κ3) is 3.63. The van der Waals surface area contributed by atoms with Crippen LogP contribution in [0.25, 0.3) is 0 Å². The molecular weight excluding hydrogens is 264 g/mol. The van der Waals surface area contributed by atoms with Crippen molar-refractivity contribution in [3.05, 3.63) is 22.4 Å². The van der Waals surface area contributed by atoms with E-state index in [9.17, 15) is 0 Å². The Morgan fingerprint density at radius 1 is 1.35 bits per heavy atom. The smallest absolute Gasteiger partial charge is 0.0335 e. The first kappa shape index (κ1) is 16.0. The third-order valence-corrected chi connectivity index (χ3v) is 5.95. The molecule has 2 nitrogen and oxygen atoms in total. The molecule has 1 aromatic heterocycles. The van der Waals surface area contributed by atoms with E-state index in [1.807, 2.05) is 11.3 Å². The van der Waals surface area contributed by atoms with Gasteiger partial charge in [0.2, 0.25) is 0 Å². The van der Waals surface area contributed by atoms with Crippen molar-refractivity contribution in [2.24, 2.45) is 11.7 Å². The lowest BCUT2D eigenvalue weighted by Crippen LogP contribution is -2.55. The molecule has 1 aliphatic rings. The number of thiophene rings is 1. The second-order valence-electron chi connectivity index (χ2n) is 6.25. The fraction of sp³-hybridized carbons (Fsp3) is 0.765. The number of nitrogens with two attached hydrogens (primary N) is 1. The van der Waals surface area contributed by atoms with Crippen LogP contribution in [0.5, 0.6) is 0 Å². The zero-order valence-electron chi connectivity index (χ0n) is 13.1. The Balaban J connectivity index is 2.01. The van der Waals surface area contributed by atoms with Gasteiger partial charge in [0.25, 0.3) is 0 Å². The highest BCUT2D eigenvalue weighted by atomic mass is 32.1. The number of nitrogens with zero attached hydrogens (tertiary/aromatic N) is 1. The maximum Gasteiger partial charge on any atom is 0.0335 e. The molecule has 0 saturated heterocycles. The normalized spacial score (nSPS) is 27.1. The number of hydrogen-bond acceptors (Lipinski definition) is 3. The molecule has 2 rings (SSSR count). The minimum atomic E-state index is 0.253. The number of likely N-dealkylation sites (N-methyl/N-ethyl adjacent to an activating group) is 1. The molecule has 1 heterocycles. The monoisotopic (exact) mass is 294 g/mol. The average molecular weight is 295 g/mol. The summed E-state index contributed by atoms with van der Waals surface area (Å²) >= 11 is 1.87. The highest BCUT2D eigenvalue weighted by Crippen LogP contribution is 2.38. The second kappa shape index (κ2) is 7.58. The van der Waals surface area contributed by atoms with E-state index in [0.717, 1.165) is 25.6 Å².